The molecular formula is C12H18O2. The van der Waals surface area contributed by atoms with Crippen LogP contribution in [0.1, 0.15) is 44.9 Å². The predicted octanol–water partition coefficient (Wildman–Crippen LogP) is 3.30. The van der Waals surface area contributed by atoms with Gasteiger partial charge in [-0.2, -0.15) is 0 Å². The topological polar surface area (TPSA) is 37.3 Å². The Kier molecular flexibility index (Phi) is 5.05. The van der Waals surface area contributed by atoms with Gasteiger partial charge in [-0.05, 0) is 44.9 Å². The molecule has 0 saturated heterocycles. The fourth-order valence-corrected chi connectivity index (χ4v) is 1.76. The average molecular weight is 194 g/mol. The smallest absolute Gasteiger partial charge is 0.327 e. The molecular weight excluding hydrogens is 176 g/mol. The average Bonchev–Trinajstić information content (AvgIpc) is 2.63. The minimum Gasteiger partial charge on any atom is -0.478 e. The SMILES string of the molecule is O=C(O)C=CCCCCC1=CCCC1. The third-order valence-corrected chi connectivity index (χ3v) is 2.51. The zero-order chi connectivity index (χ0) is 10.2. The molecule has 0 atom stereocenters. The number of hydrogen-bond acceptors (Lipinski definition) is 1. The molecule has 0 aliphatic heterocycles. The Morgan fingerprint density at radius 1 is 1.50 bits per heavy atom. The van der Waals surface area contributed by atoms with Gasteiger partial charge < -0.3 is 5.11 Å². The van der Waals surface area contributed by atoms with Crippen LogP contribution in [0.5, 0.6) is 0 Å². The summed E-state index contributed by atoms with van der Waals surface area (Å²) in [5, 5.41) is 8.35. The maximum Gasteiger partial charge on any atom is 0.327 e. The first kappa shape index (κ1) is 11.0. The number of carboxylic acid groups (broad SMARTS) is 1. The Bertz CT molecular complexity index is 239. The molecule has 0 aromatic carbocycles. The summed E-state index contributed by atoms with van der Waals surface area (Å²) in [4.78, 5) is 10.1. The van der Waals surface area contributed by atoms with E-state index in [2.05, 4.69) is 6.08 Å². The summed E-state index contributed by atoms with van der Waals surface area (Å²) < 4.78 is 0. The van der Waals surface area contributed by atoms with E-state index in [0.717, 1.165) is 12.8 Å². The normalized spacial score (nSPS) is 16.1. The molecule has 1 aliphatic carbocycles. The van der Waals surface area contributed by atoms with Crippen molar-refractivity contribution < 1.29 is 9.90 Å². The van der Waals surface area contributed by atoms with Crippen LogP contribution < -0.4 is 0 Å². The lowest BCUT2D eigenvalue weighted by molar-refractivity contribution is -0.131. The molecule has 2 heteroatoms. The molecule has 0 radical (unpaired) electrons. The standard InChI is InChI=1S/C12H18O2/c13-12(14)10-4-2-1-3-7-11-8-5-6-9-11/h4,8,10H,1-3,5-7,9H2,(H,13,14). The molecule has 1 N–H and O–H groups in total. The van der Waals surface area contributed by atoms with Crippen molar-refractivity contribution in [1.82, 2.24) is 0 Å². The largest absolute Gasteiger partial charge is 0.478 e. The number of unbranched alkanes of at least 4 members (excludes halogenated alkanes) is 2. The van der Waals surface area contributed by atoms with Crippen LogP contribution in [0.4, 0.5) is 0 Å². The number of rotatable bonds is 6. The van der Waals surface area contributed by atoms with E-state index in [4.69, 9.17) is 5.11 Å². The summed E-state index contributed by atoms with van der Waals surface area (Å²) in [6, 6.07) is 0. The van der Waals surface area contributed by atoms with Crippen molar-refractivity contribution in [2.24, 2.45) is 0 Å². The van der Waals surface area contributed by atoms with Crippen molar-refractivity contribution in [3.63, 3.8) is 0 Å². The highest BCUT2D eigenvalue weighted by Crippen LogP contribution is 2.22. The molecule has 0 unspecified atom stereocenters. The minimum absolute atomic E-state index is 0.844. The van der Waals surface area contributed by atoms with Gasteiger partial charge in [-0.25, -0.2) is 4.79 Å². The van der Waals surface area contributed by atoms with Gasteiger partial charge in [-0.3, -0.25) is 0 Å². The van der Waals surface area contributed by atoms with Crippen molar-refractivity contribution in [2.75, 3.05) is 0 Å². The van der Waals surface area contributed by atoms with Crippen molar-refractivity contribution in [1.29, 1.82) is 0 Å². The molecule has 78 valence electrons. The molecule has 0 saturated carbocycles. The fourth-order valence-electron chi connectivity index (χ4n) is 1.76. The second-order valence-corrected chi connectivity index (χ2v) is 3.74. The van der Waals surface area contributed by atoms with E-state index >= 15 is 0 Å². The molecule has 2 nitrogen and oxygen atoms in total. The van der Waals surface area contributed by atoms with Crippen molar-refractivity contribution >= 4 is 5.97 Å². The quantitative estimate of drug-likeness (QED) is 0.400. The number of allylic oxidation sites excluding steroid dienone is 3. The number of hydrogen-bond donors (Lipinski definition) is 1. The Balaban J connectivity index is 1.96. The van der Waals surface area contributed by atoms with Crippen LogP contribution in [0.3, 0.4) is 0 Å². The summed E-state index contributed by atoms with van der Waals surface area (Å²) in [7, 11) is 0. The monoisotopic (exact) mass is 194 g/mol. The molecule has 0 bridgehead atoms. The van der Waals surface area contributed by atoms with Gasteiger partial charge in [0.2, 0.25) is 0 Å². The molecule has 1 aliphatic rings. The Morgan fingerprint density at radius 3 is 3.00 bits per heavy atom. The van der Waals surface area contributed by atoms with Crippen molar-refractivity contribution in [3.8, 4) is 0 Å². The molecule has 1 rings (SSSR count). The Labute approximate surface area is 85.3 Å². The predicted molar refractivity (Wildman–Crippen MR) is 57.2 cm³/mol. The summed E-state index contributed by atoms with van der Waals surface area (Å²) in [5.41, 5.74) is 1.60. The number of carboxylic acids is 1. The van der Waals surface area contributed by atoms with Crippen molar-refractivity contribution in [2.45, 2.75) is 44.9 Å². The van der Waals surface area contributed by atoms with Gasteiger partial charge in [0.15, 0.2) is 0 Å². The van der Waals surface area contributed by atoms with Crippen LogP contribution in [0.25, 0.3) is 0 Å². The minimum atomic E-state index is -0.844. The van der Waals surface area contributed by atoms with E-state index in [-0.39, 0.29) is 0 Å². The van der Waals surface area contributed by atoms with Gasteiger partial charge >= 0.3 is 5.97 Å². The highest BCUT2D eigenvalue weighted by atomic mass is 16.4. The first-order valence-electron chi connectivity index (χ1n) is 5.36. The maximum absolute atomic E-state index is 10.1. The van der Waals surface area contributed by atoms with Crippen LogP contribution in [0.15, 0.2) is 23.8 Å². The van der Waals surface area contributed by atoms with Crippen LogP contribution in [0.2, 0.25) is 0 Å². The molecule has 0 fully saturated rings. The second kappa shape index (κ2) is 6.41. The summed E-state index contributed by atoms with van der Waals surface area (Å²) >= 11 is 0. The highest BCUT2D eigenvalue weighted by molar-refractivity contribution is 5.79. The van der Waals surface area contributed by atoms with Gasteiger partial charge in [0.25, 0.3) is 0 Å². The lowest BCUT2D eigenvalue weighted by atomic mass is 10.1. The molecule has 0 aromatic rings. The molecule has 0 heterocycles. The highest BCUT2D eigenvalue weighted by Gasteiger charge is 2.02. The summed E-state index contributed by atoms with van der Waals surface area (Å²) in [5.74, 6) is -0.844. The summed E-state index contributed by atoms with van der Waals surface area (Å²) in [6.07, 6.45) is 13.6. The lowest BCUT2D eigenvalue weighted by Gasteiger charge is -1.99. The van der Waals surface area contributed by atoms with E-state index in [0.29, 0.717) is 0 Å². The first-order valence-corrected chi connectivity index (χ1v) is 5.36. The van der Waals surface area contributed by atoms with Crippen LogP contribution in [-0.4, -0.2) is 11.1 Å². The fraction of sp³-hybridized carbons (Fsp3) is 0.583. The van der Waals surface area contributed by atoms with Gasteiger partial charge in [-0.15, -0.1) is 0 Å². The molecule has 0 spiro atoms. The van der Waals surface area contributed by atoms with E-state index in [1.54, 1.807) is 11.6 Å². The van der Waals surface area contributed by atoms with Gasteiger partial charge in [0.1, 0.15) is 0 Å². The first-order chi connectivity index (χ1) is 6.79. The summed E-state index contributed by atoms with van der Waals surface area (Å²) in [6.45, 7) is 0. The van der Waals surface area contributed by atoms with Crippen molar-refractivity contribution in [3.05, 3.63) is 23.8 Å². The maximum atomic E-state index is 10.1. The van der Waals surface area contributed by atoms with E-state index in [1.807, 2.05) is 0 Å². The third-order valence-electron chi connectivity index (χ3n) is 2.51. The van der Waals surface area contributed by atoms with Gasteiger partial charge in [0, 0.05) is 6.08 Å². The van der Waals surface area contributed by atoms with E-state index in [9.17, 15) is 4.79 Å². The van der Waals surface area contributed by atoms with Crippen LogP contribution in [-0.2, 0) is 4.79 Å². The van der Waals surface area contributed by atoms with E-state index < -0.39 is 5.97 Å². The zero-order valence-corrected chi connectivity index (χ0v) is 8.54. The second-order valence-electron chi connectivity index (χ2n) is 3.74. The van der Waals surface area contributed by atoms with Gasteiger partial charge in [0.05, 0.1) is 0 Å². The number of aliphatic carboxylic acids is 1. The Morgan fingerprint density at radius 2 is 2.36 bits per heavy atom. The van der Waals surface area contributed by atoms with Crippen LogP contribution in [0, 0.1) is 0 Å². The lowest BCUT2D eigenvalue weighted by Crippen LogP contribution is -1.86. The Hall–Kier alpha value is -1.05. The van der Waals surface area contributed by atoms with E-state index in [1.165, 1.54) is 38.2 Å². The molecule has 0 amide bonds. The molecule has 14 heavy (non-hydrogen) atoms. The zero-order valence-electron chi connectivity index (χ0n) is 8.54. The molecule has 0 aromatic heterocycles. The van der Waals surface area contributed by atoms with Gasteiger partial charge in [-0.1, -0.05) is 17.7 Å². The number of carbonyl (C=O) groups is 1. The van der Waals surface area contributed by atoms with Crippen LogP contribution >= 0.6 is 0 Å². The third kappa shape index (κ3) is 4.85.